The van der Waals surface area contributed by atoms with Gasteiger partial charge in [-0.3, -0.25) is 0 Å². The van der Waals surface area contributed by atoms with Crippen molar-refractivity contribution in [3.05, 3.63) is 40.3 Å². The number of hydrogen-bond donors (Lipinski definition) is 1. The molecule has 0 saturated carbocycles. The molecule has 1 aromatic carbocycles. The van der Waals surface area contributed by atoms with Crippen molar-refractivity contribution in [1.82, 2.24) is 9.97 Å². The molecule has 0 bridgehead atoms. The smallest absolute Gasteiger partial charge is 0.135 e. The molecule has 0 radical (unpaired) electrons. The molecule has 1 aromatic heterocycles. The topological polar surface area (TPSA) is 41.1 Å². The molecule has 4 nitrogen and oxygen atoms in total. The van der Waals surface area contributed by atoms with E-state index >= 15 is 0 Å². The van der Waals surface area contributed by atoms with Gasteiger partial charge in [-0.15, -0.1) is 0 Å². The van der Waals surface area contributed by atoms with Gasteiger partial charge >= 0.3 is 0 Å². The Morgan fingerprint density at radius 3 is 2.60 bits per heavy atom. The number of aromatic nitrogens is 2. The summed E-state index contributed by atoms with van der Waals surface area (Å²) in [6.45, 7) is 4.15. The third-order valence-corrected chi connectivity index (χ3v) is 3.43. The molecular formula is C15H19BrN4. The van der Waals surface area contributed by atoms with Gasteiger partial charge in [0.1, 0.15) is 16.2 Å². The molecule has 0 fully saturated rings. The maximum Gasteiger partial charge on any atom is 0.135 e. The van der Waals surface area contributed by atoms with Gasteiger partial charge < -0.3 is 10.2 Å². The van der Waals surface area contributed by atoms with Crippen LogP contribution in [0.5, 0.6) is 0 Å². The Morgan fingerprint density at radius 2 is 1.95 bits per heavy atom. The number of halogens is 1. The van der Waals surface area contributed by atoms with Crippen LogP contribution in [0.2, 0.25) is 0 Å². The standard InChI is InChI=1S/C15H19BrN4/c1-5-14-18-13(16)9-15(19-14)17-11-7-6-10(2)12(8-11)20(3)4/h6-9H,5H2,1-4H3,(H,17,18,19). The van der Waals surface area contributed by atoms with Crippen LogP contribution in [0.4, 0.5) is 17.2 Å². The summed E-state index contributed by atoms with van der Waals surface area (Å²) in [5, 5.41) is 3.33. The fourth-order valence-corrected chi connectivity index (χ4v) is 2.43. The first-order valence-corrected chi connectivity index (χ1v) is 7.37. The van der Waals surface area contributed by atoms with E-state index in [9.17, 15) is 0 Å². The first kappa shape index (κ1) is 14.8. The Morgan fingerprint density at radius 1 is 1.20 bits per heavy atom. The Hall–Kier alpha value is -1.62. The van der Waals surface area contributed by atoms with Crippen molar-refractivity contribution in [2.75, 3.05) is 24.3 Å². The summed E-state index contributed by atoms with van der Waals surface area (Å²) >= 11 is 3.42. The van der Waals surface area contributed by atoms with Gasteiger partial charge in [0, 0.05) is 38.0 Å². The van der Waals surface area contributed by atoms with E-state index in [1.807, 2.05) is 27.1 Å². The monoisotopic (exact) mass is 334 g/mol. The lowest BCUT2D eigenvalue weighted by Gasteiger charge is -2.17. The molecule has 20 heavy (non-hydrogen) atoms. The normalized spacial score (nSPS) is 10.4. The number of aryl methyl sites for hydroxylation is 2. The van der Waals surface area contributed by atoms with E-state index in [0.717, 1.165) is 28.4 Å². The van der Waals surface area contributed by atoms with Gasteiger partial charge in [-0.25, -0.2) is 9.97 Å². The zero-order valence-corrected chi connectivity index (χ0v) is 13.8. The first-order valence-electron chi connectivity index (χ1n) is 6.58. The van der Waals surface area contributed by atoms with Crippen molar-refractivity contribution >= 4 is 33.1 Å². The molecule has 1 heterocycles. The van der Waals surface area contributed by atoms with Gasteiger partial charge in [0.15, 0.2) is 0 Å². The summed E-state index contributed by atoms with van der Waals surface area (Å²) in [4.78, 5) is 10.9. The van der Waals surface area contributed by atoms with Crippen LogP contribution in [0.3, 0.4) is 0 Å². The quantitative estimate of drug-likeness (QED) is 0.860. The minimum absolute atomic E-state index is 0.798. The molecule has 1 N–H and O–H groups in total. The fourth-order valence-electron chi connectivity index (χ4n) is 2.00. The van der Waals surface area contributed by atoms with Crippen molar-refractivity contribution in [2.45, 2.75) is 20.3 Å². The molecule has 0 unspecified atom stereocenters. The minimum Gasteiger partial charge on any atom is -0.377 e. The second-order valence-electron chi connectivity index (χ2n) is 4.87. The van der Waals surface area contributed by atoms with Crippen LogP contribution >= 0.6 is 15.9 Å². The van der Waals surface area contributed by atoms with Crippen molar-refractivity contribution in [1.29, 1.82) is 0 Å². The number of hydrogen-bond acceptors (Lipinski definition) is 4. The summed E-state index contributed by atoms with van der Waals surface area (Å²) in [6.07, 6.45) is 0.810. The van der Waals surface area contributed by atoms with E-state index in [1.54, 1.807) is 0 Å². The number of benzene rings is 1. The molecule has 0 spiro atoms. The third-order valence-electron chi connectivity index (χ3n) is 3.02. The molecular weight excluding hydrogens is 316 g/mol. The molecule has 0 aliphatic carbocycles. The van der Waals surface area contributed by atoms with Crippen LogP contribution in [0.1, 0.15) is 18.3 Å². The molecule has 5 heteroatoms. The van der Waals surface area contributed by atoms with Crippen molar-refractivity contribution in [3.8, 4) is 0 Å². The Labute approximate surface area is 128 Å². The predicted molar refractivity (Wildman–Crippen MR) is 87.9 cm³/mol. The van der Waals surface area contributed by atoms with Gasteiger partial charge in [-0.05, 0) is 40.5 Å². The Bertz CT molecular complexity index is 611. The highest BCUT2D eigenvalue weighted by Crippen LogP contribution is 2.25. The second-order valence-corrected chi connectivity index (χ2v) is 5.68. The summed E-state index contributed by atoms with van der Waals surface area (Å²) in [6, 6.07) is 8.17. The van der Waals surface area contributed by atoms with Crippen LogP contribution in [0.15, 0.2) is 28.9 Å². The van der Waals surface area contributed by atoms with Gasteiger partial charge in [0.25, 0.3) is 0 Å². The predicted octanol–water partition coefficient (Wildman–Crippen LogP) is 3.92. The van der Waals surface area contributed by atoms with E-state index in [1.165, 1.54) is 11.3 Å². The summed E-state index contributed by atoms with van der Waals surface area (Å²) in [5.41, 5.74) is 3.46. The maximum absolute atomic E-state index is 4.48. The zero-order valence-electron chi connectivity index (χ0n) is 12.2. The Balaban J connectivity index is 2.30. The second kappa shape index (κ2) is 6.22. The SMILES string of the molecule is CCc1nc(Br)cc(Nc2ccc(C)c(N(C)C)c2)n1. The average Bonchev–Trinajstić information content (AvgIpc) is 2.40. The molecule has 0 amide bonds. The van der Waals surface area contributed by atoms with Crippen LogP contribution in [-0.2, 0) is 6.42 Å². The lowest BCUT2D eigenvalue weighted by Crippen LogP contribution is -2.10. The molecule has 2 aromatic rings. The molecule has 2 rings (SSSR count). The molecule has 106 valence electrons. The van der Waals surface area contributed by atoms with E-state index < -0.39 is 0 Å². The Kier molecular flexibility index (Phi) is 4.60. The average molecular weight is 335 g/mol. The lowest BCUT2D eigenvalue weighted by atomic mass is 10.1. The van der Waals surface area contributed by atoms with Gasteiger partial charge in [0.2, 0.25) is 0 Å². The van der Waals surface area contributed by atoms with Crippen LogP contribution < -0.4 is 10.2 Å². The van der Waals surface area contributed by atoms with E-state index in [4.69, 9.17) is 0 Å². The molecule has 0 saturated heterocycles. The summed E-state index contributed by atoms with van der Waals surface area (Å²) in [5.74, 6) is 1.62. The molecule has 0 atom stereocenters. The van der Waals surface area contributed by atoms with Gasteiger partial charge in [-0.2, -0.15) is 0 Å². The highest BCUT2D eigenvalue weighted by Gasteiger charge is 2.05. The lowest BCUT2D eigenvalue weighted by molar-refractivity contribution is 0.931. The highest BCUT2D eigenvalue weighted by molar-refractivity contribution is 9.10. The number of rotatable bonds is 4. The summed E-state index contributed by atoms with van der Waals surface area (Å²) in [7, 11) is 4.09. The zero-order chi connectivity index (χ0) is 14.7. The number of nitrogens with one attached hydrogen (secondary N) is 1. The third kappa shape index (κ3) is 3.48. The van der Waals surface area contributed by atoms with E-state index in [2.05, 4.69) is 61.2 Å². The number of anilines is 3. The van der Waals surface area contributed by atoms with Gasteiger partial charge in [-0.1, -0.05) is 13.0 Å². The maximum atomic E-state index is 4.48. The van der Waals surface area contributed by atoms with Crippen LogP contribution in [0.25, 0.3) is 0 Å². The molecule has 0 aliphatic rings. The summed E-state index contributed by atoms with van der Waals surface area (Å²) < 4.78 is 0.798. The van der Waals surface area contributed by atoms with Crippen LogP contribution in [0, 0.1) is 6.92 Å². The van der Waals surface area contributed by atoms with Crippen LogP contribution in [-0.4, -0.2) is 24.1 Å². The van der Waals surface area contributed by atoms with E-state index in [-0.39, 0.29) is 0 Å². The highest BCUT2D eigenvalue weighted by atomic mass is 79.9. The van der Waals surface area contributed by atoms with Gasteiger partial charge in [0.05, 0.1) is 0 Å². The largest absolute Gasteiger partial charge is 0.377 e. The van der Waals surface area contributed by atoms with Crippen molar-refractivity contribution in [2.24, 2.45) is 0 Å². The first-order chi connectivity index (χ1) is 9.49. The van der Waals surface area contributed by atoms with Crippen molar-refractivity contribution < 1.29 is 0 Å². The molecule has 0 aliphatic heterocycles. The fraction of sp³-hybridized carbons (Fsp3) is 0.333. The van der Waals surface area contributed by atoms with Crippen molar-refractivity contribution in [3.63, 3.8) is 0 Å². The minimum atomic E-state index is 0.798. The number of nitrogens with zero attached hydrogens (tertiary/aromatic N) is 3. The van der Waals surface area contributed by atoms with E-state index in [0.29, 0.717) is 0 Å².